The standard InChI is InChI=1S/C14H17BrN2O2/c15-12-4-2-1-3-10(12)5-6-13(18)17-8-7-11(9-17)14(16)19/h1-4,11H,5-9H2,(H2,16,19)/t11-/m1/s1. The summed E-state index contributed by atoms with van der Waals surface area (Å²) in [6, 6.07) is 7.89. The first-order valence-electron chi connectivity index (χ1n) is 6.38. The van der Waals surface area contributed by atoms with E-state index in [-0.39, 0.29) is 17.7 Å². The summed E-state index contributed by atoms with van der Waals surface area (Å²) in [5.74, 6) is -0.381. The van der Waals surface area contributed by atoms with Gasteiger partial charge >= 0.3 is 0 Å². The maximum absolute atomic E-state index is 12.1. The van der Waals surface area contributed by atoms with Crippen molar-refractivity contribution >= 4 is 27.7 Å². The first-order valence-corrected chi connectivity index (χ1v) is 7.17. The van der Waals surface area contributed by atoms with Crippen LogP contribution in [0, 0.1) is 5.92 Å². The molecule has 1 aliphatic heterocycles. The van der Waals surface area contributed by atoms with Gasteiger partial charge in [0.05, 0.1) is 5.92 Å². The fourth-order valence-electron chi connectivity index (χ4n) is 2.32. The minimum atomic E-state index is -0.305. The Hall–Kier alpha value is -1.36. The number of amides is 2. The molecule has 1 aliphatic rings. The molecule has 1 aromatic carbocycles. The zero-order valence-electron chi connectivity index (χ0n) is 10.6. The van der Waals surface area contributed by atoms with Crippen molar-refractivity contribution in [2.45, 2.75) is 19.3 Å². The van der Waals surface area contributed by atoms with Crippen molar-refractivity contribution in [3.63, 3.8) is 0 Å². The van der Waals surface area contributed by atoms with Crippen LogP contribution in [0.25, 0.3) is 0 Å². The molecule has 1 aromatic rings. The van der Waals surface area contributed by atoms with Gasteiger partial charge in [-0.05, 0) is 24.5 Å². The van der Waals surface area contributed by atoms with Crippen molar-refractivity contribution in [1.29, 1.82) is 0 Å². The number of nitrogens with zero attached hydrogens (tertiary/aromatic N) is 1. The highest BCUT2D eigenvalue weighted by molar-refractivity contribution is 9.10. The molecular weight excluding hydrogens is 308 g/mol. The molecule has 0 aliphatic carbocycles. The highest BCUT2D eigenvalue weighted by Gasteiger charge is 2.29. The summed E-state index contributed by atoms with van der Waals surface area (Å²) in [4.78, 5) is 24.9. The number of benzene rings is 1. The topological polar surface area (TPSA) is 63.4 Å². The molecule has 1 saturated heterocycles. The normalized spacial score (nSPS) is 18.6. The number of likely N-dealkylation sites (tertiary alicyclic amines) is 1. The quantitative estimate of drug-likeness (QED) is 0.916. The molecule has 102 valence electrons. The van der Waals surface area contributed by atoms with Gasteiger partial charge in [0.25, 0.3) is 0 Å². The lowest BCUT2D eigenvalue weighted by Crippen LogP contribution is -2.31. The summed E-state index contributed by atoms with van der Waals surface area (Å²) >= 11 is 3.47. The minimum Gasteiger partial charge on any atom is -0.369 e. The fourth-order valence-corrected chi connectivity index (χ4v) is 2.80. The van der Waals surface area contributed by atoms with E-state index in [0.29, 0.717) is 32.4 Å². The van der Waals surface area contributed by atoms with Crippen LogP contribution in [0.3, 0.4) is 0 Å². The highest BCUT2D eigenvalue weighted by Crippen LogP contribution is 2.20. The van der Waals surface area contributed by atoms with Gasteiger partial charge in [0, 0.05) is 24.0 Å². The summed E-state index contributed by atoms with van der Waals surface area (Å²) in [6.07, 6.45) is 1.86. The predicted octanol–water partition coefficient (Wildman–Crippen LogP) is 1.72. The molecule has 0 spiro atoms. The molecule has 2 amide bonds. The maximum atomic E-state index is 12.1. The Labute approximate surface area is 121 Å². The number of aryl methyl sites for hydroxylation is 1. The van der Waals surface area contributed by atoms with E-state index in [1.165, 1.54) is 0 Å². The molecule has 2 N–H and O–H groups in total. The third kappa shape index (κ3) is 3.56. The Balaban J connectivity index is 1.86. The van der Waals surface area contributed by atoms with E-state index in [0.717, 1.165) is 10.0 Å². The molecule has 4 nitrogen and oxygen atoms in total. The predicted molar refractivity (Wildman–Crippen MR) is 76.3 cm³/mol. The Morgan fingerprint density at radius 1 is 1.37 bits per heavy atom. The van der Waals surface area contributed by atoms with Crippen LogP contribution in [0.15, 0.2) is 28.7 Å². The van der Waals surface area contributed by atoms with Gasteiger partial charge in [0.15, 0.2) is 0 Å². The van der Waals surface area contributed by atoms with Crippen LogP contribution < -0.4 is 5.73 Å². The number of hydrogen-bond acceptors (Lipinski definition) is 2. The molecule has 0 saturated carbocycles. The van der Waals surface area contributed by atoms with E-state index in [4.69, 9.17) is 5.73 Å². The van der Waals surface area contributed by atoms with Crippen molar-refractivity contribution in [3.8, 4) is 0 Å². The first-order chi connectivity index (χ1) is 9.08. The molecule has 1 heterocycles. The van der Waals surface area contributed by atoms with Crippen LogP contribution in [-0.2, 0) is 16.0 Å². The Kier molecular flexibility index (Phi) is 4.58. The van der Waals surface area contributed by atoms with E-state index < -0.39 is 0 Å². The summed E-state index contributed by atoms with van der Waals surface area (Å²) < 4.78 is 1.03. The van der Waals surface area contributed by atoms with Crippen LogP contribution in [-0.4, -0.2) is 29.8 Å². The Morgan fingerprint density at radius 2 is 2.11 bits per heavy atom. The Morgan fingerprint density at radius 3 is 2.74 bits per heavy atom. The second-order valence-corrected chi connectivity index (χ2v) is 5.67. The van der Waals surface area contributed by atoms with Gasteiger partial charge < -0.3 is 10.6 Å². The summed E-state index contributed by atoms with van der Waals surface area (Å²) in [5, 5.41) is 0. The van der Waals surface area contributed by atoms with Gasteiger partial charge in [-0.25, -0.2) is 0 Å². The van der Waals surface area contributed by atoms with Gasteiger partial charge in [0.2, 0.25) is 11.8 Å². The third-order valence-corrected chi connectivity index (χ3v) is 4.28. The van der Waals surface area contributed by atoms with E-state index in [1.807, 2.05) is 24.3 Å². The van der Waals surface area contributed by atoms with Gasteiger partial charge in [-0.2, -0.15) is 0 Å². The number of rotatable bonds is 4. The van der Waals surface area contributed by atoms with Crippen LogP contribution in [0.1, 0.15) is 18.4 Å². The largest absolute Gasteiger partial charge is 0.369 e. The number of halogens is 1. The van der Waals surface area contributed by atoms with Crippen molar-refractivity contribution in [3.05, 3.63) is 34.3 Å². The van der Waals surface area contributed by atoms with Crippen molar-refractivity contribution in [2.75, 3.05) is 13.1 Å². The average molecular weight is 325 g/mol. The maximum Gasteiger partial charge on any atom is 0.222 e. The lowest BCUT2D eigenvalue weighted by Gasteiger charge is -2.16. The smallest absolute Gasteiger partial charge is 0.222 e. The lowest BCUT2D eigenvalue weighted by molar-refractivity contribution is -0.130. The average Bonchev–Trinajstić information content (AvgIpc) is 2.87. The van der Waals surface area contributed by atoms with E-state index in [2.05, 4.69) is 15.9 Å². The molecule has 19 heavy (non-hydrogen) atoms. The molecule has 0 radical (unpaired) electrons. The van der Waals surface area contributed by atoms with Gasteiger partial charge in [-0.3, -0.25) is 9.59 Å². The molecule has 0 aromatic heterocycles. The number of carbonyl (C=O) groups is 2. The van der Waals surface area contributed by atoms with Crippen molar-refractivity contribution in [1.82, 2.24) is 4.90 Å². The number of nitrogens with two attached hydrogens (primary N) is 1. The first kappa shape index (κ1) is 14.1. The van der Waals surface area contributed by atoms with Gasteiger partial charge in [-0.15, -0.1) is 0 Å². The lowest BCUT2D eigenvalue weighted by atomic mass is 10.1. The fraction of sp³-hybridized carbons (Fsp3) is 0.429. The molecule has 2 rings (SSSR count). The van der Waals surface area contributed by atoms with E-state index in [1.54, 1.807) is 4.90 Å². The van der Waals surface area contributed by atoms with Gasteiger partial charge in [0.1, 0.15) is 0 Å². The van der Waals surface area contributed by atoms with E-state index >= 15 is 0 Å². The Bertz CT molecular complexity index is 490. The second kappa shape index (κ2) is 6.19. The van der Waals surface area contributed by atoms with Crippen molar-refractivity contribution < 1.29 is 9.59 Å². The molecule has 5 heteroatoms. The number of carbonyl (C=O) groups excluding carboxylic acids is 2. The second-order valence-electron chi connectivity index (χ2n) is 4.82. The van der Waals surface area contributed by atoms with Crippen LogP contribution in [0.5, 0.6) is 0 Å². The van der Waals surface area contributed by atoms with Crippen molar-refractivity contribution in [2.24, 2.45) is 11.7 Å². The summed E-state index contributed by atoms with van der Waals surface area (Å²) in [5.41, 5.74) is 6.39. The van der Waals surface area contributed by atoms with Crippen LogP contribution >= 0.6 is 15.9 Å². The zero-order chi connectivity index (χ0) is 13.8. The van der Waals surface area contributed by atoms with Gasteiger partial charge in [-0.1, -0.05) is 34.1 Å². The summed E-state index contributed by atoms with van der Waals surface area (Å²) in [7, 11) is 0. The summed E-state index contributed by atoms with van der Waals surface area (Å²) in [6.45, 7) is 1.12. The molecule has 1 fully saturated rings. The highest BCUT2D eigenvalue weighted by atomic mass is 79.9. The molecule has 0 unspecified atom stereocenters. The molecule has 1 atom stereocenters. The number of hydrogen-bond donors (Lipinski definition) is 1. The molecule has 0 bridgehead atoms. The monoisotopic (exact) mass is 324 g/mol. The van der Waals surface area contributed by atoms with Crippen LogP contribution in [0.4, 0.5) is 0 Å². The third-order valence-electron chi connectivity index (χ3n) is 3.51. The van der Waals surface area contributed by atoms with Crippen LogP contribution in [0.2, 0.25) is 0 Å². The SMILES string of the molecule is NC(=O)[C@@H]1CCN(C(=O)CCc2ccccc2Br)C1. The number of primary amides is 1. The zero-order valence-corrected chi connectivity index (χ0v) is 12.2. The molecular formula is C14H17BrN2O2. The minimum absolute atomic E-state index is 0.0968. The van der Waals surface area contributed by atoms with E-state index in [9.17, 15) is 9.59 Å².